The van der Waals surface area contributed by atoms with E-state index in [4.69, 9.17) is 0 Å². The summed E-state index contributed by atoms with van der Waals surface area (Å²) in [6.45, 7) is 1.57. The van der Waals surface area contributed by atoms with Crippen LogP contribution in [0.5, 0.6) is 0 Å². The summed E-state index contributed by atoms with van der Waals surface area (Å²) < 4.78 is 3.72. The van der Waals surface area contributed by atoms with Crippen LogP contribution in [0.3, 0.4) is 0 Å². The summed E-state index contributed by atoms with van der Waals surface area (Å²) in [7, 11) is 1.86. The molecule has 0 radical (unpaired) electrons. The Kier molecular flexibility index (Phi) is 5.38. The van der Waals surface area contributed by atoms with Crippen LogP contribution in [0.4, 0.5) is 11.6 Å². The Hall–Kier alpha value is -2.97. The van der Waals surface area contributed by atoms with Gasteiger partial charge in [-0.1, -0.05) is 7.43 Å². The molecule has 4 rings (SSSR count). The van der Waals surface area contributed by atoms with E-state index in [1.165, 1.54) is 0 Å². The lowest BCUT2D eigenvalue weighted by Crippen LogP contribution is -2.36. The standard InChI is InChI=1S/C17H22N8O.CH4/c1-11(26)21-13-3-5-15(6-4-13)25-16-12(8-20-25)7-18-17(23-16)22-14-9-19-24(2)10-14;/h7-10,13,15H,3-6H2,1-2H3,(H,21,26)(H,18,22,23);1H4. The van der Waals surface area contributed by atoms with E-state index in [9.17, 15) is 4.79 Å². The maximum Gasteiger partial charge on any atom is 0.229 e. The smallest absolute Gasteiger partial charge is 0.229 e. The third-order valence-electron chi connectivity index (χ3n) is 4.75. The fourth-order valence-corrected chi connectivity index (χ4v) is 3.53. The Labute approximate surface area is 158 Å². The van der Waals surface area contributed by atoms with Crippen LogP contribution in [-0.4, -0.2) is 41.5 Å². The van der Waals surface area contributed by atoms with Gasteiger partial charge in [0.15, 0.2) is 5.65 Å². The molecule has 1 fully saturated rings. The number of carbonyl (C=O) groups is 1. The molecule has 1 saturated carbocycles. The molecule has 0 bridgehead atoms. The second-order valence-corrected chi connectivity index (χ2v) is 6.80. The first-order valence-electron chi connectivity index (χ1n) is 8.81. The normalized spacial score (nSPS) is 19.5. The Morgan fingerprint density at radius 3 is 2.59 bits per heavy atom. The van der Waals surface area contributed by atoms with Crippen LogP contribution in [0.25, 0.3) is 11.0 Å². The monoisotopic (exact) mass is 370 g/mol. The van der Waals surface area contributed by atoms with Gasteiger partial charge in [-0.05, 0) is 25.7 Å². The number of anilines is 2. The number of carbonyl (C=O) groups excluding carboxylic acids is 1. The SMILES string of the molecule is C.CC(=O)NC1CCC(n2ncc3cnc(Nc4cnn(C)c4)nc32)CC1. The van der Waals surface area contributed by atoms with E-state index in [0.717, 1.165) is 42.4 Å². The van der Waals surface area contributed by atoms with Crippen molar-refractivity contribution in [3.63, 3.8) is 0 Å². The highest BCUT2D eigenvalue weighted by Crippen LogP contribution is 2.30. The molecule has 0 unspecified atom stereocenters. The molecule has 9 heteroatoms. The van der Waals surface area contributed by atoms with E-state index in [1.807, 2.05) is 24.1 Å². The zero-order chi connectivity index (χ0) is 18.1. The Balaban J connectivity index is 0.00000210. The van der Waals surface area contributed by atoms with E-state index in [-0.39, 0.29) is 19.4 Å². The molecule has 0 saturated heterocycles. The minimum Gasteiger partial charge on any atom is -0.354 e. The molecule has 0 aliphatic heterocycles. The molecule has 27 heavy (non-hydrogen) atoms. The van der Waals surface area contributed by atoms with E-state index < -0.39 is 0 Å². The van der Waals surface area contributed by atoms with Crippen molar-refractivity contribution in [2.24, 2.45) is 7.05 Å². The second-order valence-electron chi connectivity index (χ2n) is 6.80. The maximum absolute atomic E-state index is 11.2. The van der Waals surface area contributed by atoms with Gasteiger partial charge in [0, 0.05) is 32.4 Å². The Morgan fingerprint density at radius 1 is 1.15 bits per heavy atom. The van der Waals surface area contributed by atoms with Crippen molar-refractivity contribution in [3.8, 4) is 0 Å². The summed E-state index contributed by atoms with van der Waals surface area (Å²) >= 11 is 0. The molecule has 0 spiro atoms. The van der Waals surface area contributed by atoms with Crippen molar-refractivity contribution < 1.29 is 4.79 Å². The lowest BCUT2D eigenvalue weighted by atomic mass is 9.91. The molecule has 2 N–H and O–H groups in total. The number of fused-ring (bicyclic) bond motifs is 1. The molecular formula is C18H26N8O. The van der Waals surface area contributed by atoms with Crippen LogP contribution >= 0.6 is 0 Å². The van der Waals surface area contributed by atoms with Crippen LogP contribution < -0.4 is 10.6 Å². The van der Waals surface area contributed by atoms with Crippen molar-refractivity contribution in [2.45, 2.75) is 52.1 Å². The third kappa shape index (κ3) is 4.07. The Bertz CT molecular complexity index is 922. The number of aromatic nitrogens is 6. The number of amides is 1. The maximum atomic E-state index is 11.2. The van der Waals surface area contributed by atoms with Crippen LogP contribution in [0, 0.1) is 0 Å². The molecule has 1 aliphatic rings. The lowest BCUT2D eigenvalue weighted by Gasteiger charge is -2.29. The fourth-order valence-electron chi connectivity index (χ4n) is 3.53. The molecular weight excluding hydrogens is 344 g/mol. The van der Waals surface area contributed by atoms with Gasteiger partial charge in [0.1, 0.15) is 0 Å². The van der Waals surface area contributed by atoms with E-state index in [0.29, 0.717) is 12.0 Å². The third-order valence-corrected chi connectivity index (χ3v) is 4.75. The van der Waals surface area contributed by atoms with Gasteiger partial charge < -0.3 is 10.6 Å². The quantitative estimate of drug-likeness (QED) is 0.732. The molecule has 0 atom stereocenters. The van der Waals surface area contributed by atoms with Gasteiger partial charge in [0.25, 0.3) is 0 Å². The summed E-state index contributed by atoms with van der Waals surface area (Å²) in [5.41, 5.74) is 1.67. The average Bonchev–Trinajstić information content (AvgIpc) is 3.21. The number of nitrogens with zero attached hydrogens (tertiary/aromatic N) is 6. The number of nitrogens with one attached hydrogen (secondary N) is 2. The van der Waals surface area contributed by atoms with Crippen molar-refractivity contribution >= 4 is 28.6 Å². The minimum atomic E-state index is 0. The second kappa shape index (κ2) is 7.73. The minimum absolute atomic E-state index is 0. The summed E-state index contributed by atoms with van der Waals surface area (Å²) in [5, 5.41) is 15.8. The van der Waals surface area contributed by atoms with E-state index >= 15 is 0 Å². The molecule has 1 aliphatic carbocycles. The van der Waals surface area contributed by atoms with Gasteiger partial charge in [0.2, 0.25) is 11.9 Å². The molecule has 0 aromatic carbocycles. The first-order valence-corrected chi connectivity index (χ1v) is 8.81. The van der Waals surface area contributed by atoms with Crippen LogP contribution in [0.2, 0.25) is 0 Å². The van der Waals surface area contributed by atoms with E-state index in [2.05, 4.69) is 30.8 Å². The topological polar surface area (TPSA) is 103 Å². The number of aryl methyl sites for hydroxylation is 1. The number of hydrogen-bond acceptors (Lipinski definition) is 6. The predicted octanol–water partition coefficient (Wildman–Crippen LogP) is 2.56. The summed E-state index contributed by atoms with van der Waals surface area (Å²) in [5.74, 6) is 0.566. The summed E-state index contributed by atoms with van der Waals surface area (Å²) in [6.07, 6.45) is 11.0. The van der Waals surface area contributed by atoms with Crippen LogP contribution in [0.1, 0.15) is 46.1 Å². The largest absolute Gasteiger partial charge is 0.354 e. The van der Waals surface area contributed by atoms with Gasteiger partial charge in [-0.2, -0.15) is 15.2 Å². The van der Waals surface area contributed by atoms with Crippen molar-refractivity contribution in [1.29, 1.82) is 0 Å². The van der Waals surface area contributed by atoms with Gasteiger partial charge in [-0.25, -0.2) is 9.67 Å². The molecule has 3 heterocycles. The molecule has 3 aromatic rings. The van der Waals surface area contributed by atoms with Gasteiger partial charge in [0.05, 0.1) is 29.5 Å². The fraction of sp³-hybridized carbons (Fsp3) is 0.500. The lowest BCUT2D eigenvalue weighted by molar-refractivity contribution is -0.119. The van der Waals surface area contributed by atoms with Crippen molar-refractivity contribution in [3.05, 3.63) is 24.8 Å². The van der Waals surface area contributed by atoms with Gasteiger partial charge in [-0.15, -0.1) is 0 Å². The zero-order valence-corrected chi connectivity index (χ0v) is 14.9. The van der Waals surface area contributed by atoms with Crippen molar-refractivity contribution in [1.82, 2.24) is 34.8 Å². The van der Waals surface area contributed by atoms with Gasteiger partial charge in [-0.3, -0.25) is 9.48 Å². The molecule has 9 nitrogen and oxygen atoms in total. The van der Waals surface area contributed by atoms with E-state index in [1.54, 1.807) is 24.0 Å². The molecule has 3 aromatic heterocycles. The number of hydrogen-bond donors (Lipinski definition) is 2. The average molecular weight is 370 g/mol. The molecule has 1 amide bonds. The van der Waals surface area contributed by atoms with Gasteiger partial charge >= 0.3 is 0 Å². The molecule has 144 valence electrons. The zero-order valence-electron chi connectivity index (χ0n) is 14.9. The highest BCUT2D eigenvalue weighted by atomic mass is 16.1. The Morgan fingerprint density at radius 2 is 1.93 bits per heavy atom. The van der Waals surface area contributed by atoms with Crippen molar-refractivity contribution in [2.75, 3.05) is 5.32 Å². The first kappa shape index (κ1) is 18.8. The highest BCUT2D eigenvalue weighted by Gasteiger charge is 2.25. The number of rotatable bonds is 4. The van der Waals surface area contributed by atoms with Crippen LogP contribution in [-0.2, 0) is 11.8 Å². The summed E-state index contributed by atoms with van der Waals surface area (Å²) in [6, 6.07) is 0.557. The predicted molar refractivity (Wildman–Crippen MR) is 104 cm³/mol. The first-order chi connectivity index (χ1) is 12.6. The summed E-state index contributed by atoms with van der Waals surface area (Å²) in [4.78, 5) is 20.2. The van der Waals surface area contributed by atoms with Crippen LogP contribution in [0.15, 0.2) is 24.8 Å². The highest BCUT2D eigenvalue weighted by molar-refractivity contribution is 5.75.